The standard InChI is InChI=1S/C15H14F3N3O2/c1-8(22)20-14-13(19)7-12(18)15(21-14)23-5-4-9-2-3-10(16)11(17)6-9/h2-3,6-7H,4-5,19H2,1H3,(H,20,21,22). The van der Waals surface area contributed by atoms with Crippen molar-refractivity contribution in [1.29, 1.82) is 0 Å². The van der Waals surface area contributed by atoms with Crippen LogP contribution >= 0.6 is 0 Å². The highest BCUT2D eigenvalue weighted by Crippen LogP contribution is 2.24. The largest absolute Gasteiger partial charge is 0.475 e. The second-order valence-corrected chi connectivity index (χ2v) is 4.74. The van der Waals surface area contributed by atoms with E-state index in [1.807, 2.05) is 0 Å². The molecule has 2 aromatic rings. The van der Waals surface area contributed by atoms with Crippen LogP contribution in [0.5, 0.6) is 5.88 Å². The van der Waals surface area contributed by atoms with Crippen molar-refractivity contribution in [1.82, 2.24) is 4.98 Å². The molecule has 8 heteroatoms. The van der Waals surface area contributed by atoms with Gasteiger partial charge in [0.15, 0.2) is 23.3 Å². The Kier molecular flexibility index (Phi) is 5.05. The number of nitrogens with two attached hydrogens (primary N) is 1. The molecule has 0 fully saturated rings. The molecule has 122 valence electrons. The Morgan fingerprint density at radius 1 is 1.22 bits per heavy atom. The summed E-state index contributed by atoms with van der Waals surface area (Å²) in [7, 11) is 0. The molecule has 1 aromatic heterocycles. The van der Waals surface area contributed by atoms with E-state index >= 15 is 0 Å². The molecule has 3 N–H and O–H groups in total. The first-order valence-electron chi connectivity index (χ1n) is 6.67. The minimum Gasteiger partial charge on any atom is -0.475 e. The molecular formula is C15H14F3N3O2. The molecule has 0 saturated carbocycles. The fraction of sp³-hybridized carbons (Fsp3) is 0.200. The second-order valence-electron chi connectivity index (χ2n) is 4.74. The number of anilines is 2. The Morgan fingerprint density at radius 2 is 1.96 bits per heavy atom. The normalized spacial score (nSPS) is 10.4. The predicted molar refractivity (Wildman–Crippen MR) is 78.5 cm³/mol. The zero-order valence-corrected chi connectivity index (χ0v) is 12.2. The van der Waals surface area contributed by atoms with Gasteiger partial charge in [-0.3, -0.25) is 4.79 Å². The SMILES string of the molecule is CC(=O)Nc1nc(OCCc2ccc(F)c(F)c2)c(F)cc1N. The minimum absolute atomic E-state index is 0.0123. The van der Waals surface area contributed by atoms with Gasteiger partial charge in [-0.25, -0.2) is 13.2 Å². The molecule has 0 unspecified atom stereocenters. The van der Waals surface area contributed by atoms with Gasteiger partial charge in [0, 0.05) is 19.4 Å². The average Bonchev–Trinajstić information content (AvgIpc) is 2.47. The number of amides is 1. The van der Waals surface area contributed by atoms with Gasteiger partial charge in [-0.1, -0.05) is 6.07 Å². The lowest BCUT2D eigenvalue weighted by atomic mass is 10.1. The summed E-state index contributed by atoms with van der Waals surface area (Å²) in [6, 6.07) is 4.41. The van der Waals surface area contributed by atoms with E-state index in [1.165, 1.54) is 13.0 Å². The van der Waals surface area contributed by atoms with Gasteiger partial charge in [0.25, 0.3) is 5.88 Å². The van der Waals surface area contributed by atoms with E-state index in [4.69, 9.17) is 10.5 Å². The summed E-state index contributed by atoms with van der Waals surface area (Å²) < 4.78 is 44.8. The molecule has 0 spiro atoms. The van der Waals surface area contributed by atoms with Crippen LogP contribution in [0.3, 0.4) is 0 Å². The molecule has 0 radical (unpaired) electrons. The fourth-order valence-electron chi connectivity index (χ4n) is 1.81. The maximum atomic E-state index is 13.7. The zero-order valence-electron chi connectivity index (χ0n) is 12.2. The zero-order chi connectivity index (χ0) is 17.0. The molecular weight excluding hydrogens is 311 g/mol. The van der Waals surface area contributed by atoms with Crippen molar-refractivity contribution in [3.8, 4) is 5.88 Å². The average molecular weight is 325 g/mol. The molecule has 23 heavy (non-hydrogen) atoms. The number of hydrogen-bond donors (Lipinski definition) is 2. The number of nitrogens with one attached hydrogen (secondary N) is 1. The molecule has 1 amide bonds. The lowest BCUT2D eigenvalue weighted by Crippen LogP contribution is -2.12. The highest BCUT2D eigenvalue weighted by molar-refractivity contribution is 5.90. The van der Waals surface area contributed by atoms with E-state index in [-0.39, 0.29) is 30.4 Å². The Hall–Kier alpha value is -2.77. The molecule has 5 nitrogen and oxygen atoms in total. The smallest absolute Gasteiger partial charge is 0.252 e. The molecule has 1 heterocycles. The van der Waals surface area contributed by atoms with Gasteiger partial charge in [0.05, 0.1) is 12.3 Å². The third-order valence-corrected chi connectivity index (χ3v) is 2.88. The molecule has 2 rings (SSSR count). The Labute approximate surface area is 130 Å². The molecule has 0 aliphatic heterocycles. The van der Waals surface area contributed by atoms with Gasteiger partial charge in [-0.05, 0) is 17.7 Å². The molecule has 0 atom stereocenters. The van der Waals surface area contributed by atoms with Gasteiger partial charge < -0.3 is 15.8 Å². The lowest BCUT2D eigenvalue weighted by molar-refractivity contribution is -0.114. The summed E-state index contributed by atoms with van der Waals surface area (Å²) in [6.07, 6.45) is 0.220. The highest BCUT2D eigenvalue weighted by Gasteiger charge is 2.12. The molecule has 0 aliphatic rings. The Balaban J connectivity index is 2.04. The number of hydrogen-bond acceptors (Lipinski definition) is 4. The fourth-order valence-corrected chi connectivity index (χ4v) is 1.81. The third-order valence-electron chi connectivity index (χ3n) is 2.88. The lowest BCUT2D eigenvalue weighted by Gasteiger charge is -2.10. The van der Waals surface area contributed by atoms with Gasteiger partial charge in [0.1, 0.15) is 0 Å². The van der Waals surface area contributed by atoms with Crippen LogP contribution in [0.1, 0.15) is 12.5 Å². The molecule has 1 aromatic carbocycles. The maximum absolute atomic E-state index is 13.7. The van der Waals surface area contributed by atoms with Crippen LogP contribution in [0.15, 0.2) is 24.3 Å². The van der Waals surface area contributed by atoms with E-state index in [0.29, 0.717) is 5.56 Å². The van der Waals surface area contributed by atoms with Crippen LogP contribution in [0.2, 0.25) is 0 Å². The first-order chi connectivity index (χ1) is 10.9. The number of nitrogen functional groups attached to an aromatic ring is 1. The monoisotopic (exact) mass is 325 g/mol. The molecule has 0 bridgehead atoms. The maximum Gasteiger partial charge on any atom is 0.252 e. The van der Waals surface area contributed by atoms with Crippen LogP contribution in [0, 0.1) is 17.5 Å². The van der Waals surface area contributed by atoms with Crippen LogP contribution in [0.25, 0.3) is 0 Å². The number of carbonyl (C=O) groups is 1. The number of halogens is 3. The van der Waals surface area contributed by atoms with Crippen molar-refractivity contribution < 1.29 is 22.7 Å². The number of ether oxygens (including phenoxy) is 1. The van der Waals surface area contributed by atoms with Gasteiger partial charge in [-0.2, -0.15) is 4.98 Å². The summed E-state index contributed by atoms with van der Waals surface area (Å²) in [4.78, 5) is 14.8. The molecule has 0 saturated heterocycles. The van der Waals surface area contributed by atoms with Crippen molar-refractivity contribution in [2.75, 3.05) is 17.7 Å². The topological polar surface area (TPSA) is 77.2 Å². The molecule has 0 aliphatic carbocycles. The highest BCUT2D eigenvalue weighted by atomic mass is 19.2. The summed E-state index contributed by atoms with van der Waals surface area (Å²) >= 11 is 0. The van der Waals surface area contributed by atoms with E-state index in [0.717, 1.165) is 18.2 Å². The van der Waals surface area contributed by atoms with Crippen LogP contribution < -0.4 is 15.8 Å². The van der Waals surface area contributed by atoms with Crippen LogP contribution in [0.4, 0.5) is 24.7 Å². The first-order valence-corrected chi connectivity index (χ1v) is 6.67. The number of aromatic nitrogens is 1. The number of nitrogens with zero attached hydrogens (tertiary/aromatic N) is 1. The summed E-state index contributed by atoms with van der Waals surface area (Å²) in [6.45, 7) is 1.24. The number of carbonyl (C=O) groups excluding carboxylic acids is 1. The van der Waals surface area contributed by atoms with Crippen LogP contribution in [-0.2, 0) is 11.2 Å². The van der Waals surface area contributed by atoms with Crippen molar-refractivity contribution >= 4 is 17.4 Å². The van der Waals surface area contributed by atoms with Crippen molar-refractivity contribution in [2.45, 2.75) is 13.3 Å². The number of pyridine rings is 1. The van der Waals surface area contributed by atoms with E-state index in [2.05, 4.69) is 10.3 Å². The Morgan fingerprint density at radius 3 is 2.61 bits per heavy atom. The summed E-state index contributed by atoms with van der Waals surface area (Å²) in [5.41, 5.74) is 5.99. The summed E-state index contributed by atoms with van der Waals surface area (Å²) in [5, 5.41) is 2.35. The summed E-state index contributed by atoms with van der Waals surface area (Å²) in [5.74, 6) is -3.47. The van der Waals surface area contributed by atoms with Crippen LogP contribution in [-0.4, -0.2) is 17.5 Å². The van der Waals surface area contributed by atoms with E-state index < -0.39 is 23.4 Å². The predicted octanol–water partition coefficient (Wildman–Crippen LogP) is 2.66. The Bertz CT molecular complexity index is 738. The van der Waals surface area contributed by atoms with Gasteiger partial charge >= 0.3 is 0 Å². The van der Waals surface area contributed by atoms with Crippen molar-refractivity contribution in [2.24, 2.45) is 0 Å². The second kappa shape index (κ2) is 6.99. The number of benzene rings is 1. The van der Waals surface area contributed by atoms with Crippen molar-refractivity contribution in [3.05, 3.63) is 47.3 Å². The van der Waals surface area contributed by atoms with Gasteiger partial charge in [0.2, 0.25) is 5.91 Å². The van der Waals surface area contributed by atoms with E-state index in [1.54, 1.807) is 0 Å². The first kappa shape index (κ1) is 16.6. The minimum atomic E-state index is -0.966. The quantitative estimate of drug-likeness (QED) is 0.886. The van der Waals surface area contributed by atoms with Crippen molar-refractivity contribution in [3.63, 3.8) is 0 Å². The van der Waals surface area contributed by atoms with Gasteiger partial charge in [-0.15, -0.1) is 0 Å². The third kappa shape index (κ3) is 4.35. The van der Waals surface area contributed by atoms with E-state index in [9.17, 15) is 18.0 Å². The number of rotatable bonds is 5.